The van der Waals surface area contributed by atoms with Gasteiger partial charge in [-0.1, -0.05) is 80.1 Å². The minimum atomic E-state index is -0.376. The smallest absolute Gasteiger partial charge is 0.344 e. The molecular formula is C42H37NO4. The first-order chi connectivity index (χ1) is 23.0. The van der Waals surface area contributed by atoms with E-state index in [9.17, 15) is 9.59 Å². The van der Waals surface area contributed by atoms with Gasteiger partial charge in [0.1, 0.15) is 11.2 Å². The van der Waals surface area contributed by atoms with Gasteiger partial charge in [-0.15, -0.1) is 0 Å². The first kappa shape index (κ1) is 30.2. The Balaban J connectivity index is 1.24. The zero-order valence-electron chi connectivity index (χ0n) is 27.0. The maximum Gasteiger partial charge on any atom is 0.344 e. The number of hydrogen-bond donors (Lipinski definition) is 0. The lowest BCUT2D eigenvalue weighted by atomic mass is 9.95. The fourth-order valence-electron chi connectivity index (χ4n) is 6.61. The van der Waals surface area contributed by atoms with Gasteiger partial charge in [-0.2, -0.15) is 0 Å². The molecule has 0 aliphatic carbocycles. The van der Waals surface area contributed by atoms with Crippen LogP contribution in [-0.4, -0.2) is 13.1 Å². The average Bonchev–Trinajstić information content (AvgIpc) is 3.10. The van der Waals surface area contributed by atoms with Crippen LogP contribution in [0.5, 0.6) is 0 Å². The maximum atomic E-state index is 13.4. The molecule has 0 aliphatic rings. The Morgan fingerprint density at radius 3 is 1.87 bits per heavy atom. The zero-order chi connectivity index (χ0) is 32.5. The molecule has 5 aromatic carbocycles. The summed E-state index contributed by atoms with van der Waals surface area (Å²) in [5.74, 6) is 0. The molecule has 0 aliphatic heterocycles. The molecule has 0 saturated carbocycles. The van der Waals surface area contributed by atoms with Crippen LogP contribution < -0.4 is 16.2 Å². The third-order valence-corrected chi connectivity index (χ3v) is 9.18. The monoisotopic (exact) mass is 619 g/mol. The van der Waals surface area contributed by atoms with Gasteiger partial charge in [0.05, 0.1) is 11.1 Å². The number of rotatable bonds is 9. The Kier molecular flexibility index (Phi) is 8.21. The van der Waals surface area contributed by atoms with E-state index in [-0.39, 0.29) is 11.3 Å². The van der Waals surface area contributed by atoms with Crippen molar-refractivity contribution in [2.75, 3.05) is 18.0 Å². The minimum Gasteiger partial charge on any atom is -0.422 e. The van der Waals surface area contributed by atoms with Crippen molar-refractivity contribution in [1.29, 1.82) is 0 Å². The highest BCUT2D eigenvalue weighted by Crippen LogP contribution is 2.33. The lowest BCUT2D eigenvalue weighted by Crippen LogP contribution is -2.21. The SMILES string of the molecule is CCCCc1cccc2c1ccc1cc(-c3cccc(-c4cccc(-c5cc6ccc(N(CC)CC)cc6oc5=O)c4)c3)c(=O)oc12. The number of unbranched alkanes of at least 4 members (excludes halogenated alkanes) is 1. The molecule has 0 spiro atoms. The molecule has 2 aromatic heterocycles. The lowest BCUT2D eigenvalue weighted by Gasteiger charge is -2.21. The summed E-state index contributed by atoms with van der Waals surface area (Å²) in [5.41, 5.74) is 7.18. The van der Waals surface area contributed by atoms with Crippen molar-refractivity contribution in [2.24, 2.45) is 0 Å². The topological polar surface area (TPSA) is 63.7 Å². The highest BCUT2D eigenvalue weighted by Gasteiger charge is 2.14. The Hall–Kier alpha value is -5.42. The fourth-order valence-corrected chi connectivity index (χ4v) is 6.61. The molecule has 5 nitrogen and oxygen atoms in total. The van der Waals surface area contributed by atoms with Crippen molar-refractivity contribution in [3.63, 3.8) is 0 Å². The summed E-state index contributed by atoms with van der Waals surface area (Å²) in [6.07, 6.45) is 3.24. The van der Waals surface area contributed by atoms with Crippen LogP contribution in [0.1, 0.15) is 39.2 Å². The number of fused-ring (bicyclic) bond motifs is 4. The van der Waals surface area contributed by atoms with Crippen LogP contribution in [-0.2, 0) is 6.42 Å². The normalized spacial score (nSPS) is 11.5. The molecule has 2 heterocycles. The zero-order valence-corrected chi connectivity index (χ0v) is 27.0. The predicted molar refractivity (Wildman–Crippen MR) is 195 cm³/mol. The molecule has 5 heteroatoms. The first-order valence-electron chi connectivity index (χ1n) is 16.5. The van der Waals surface area contributed by atoms with Crippen LogP contribution in [0.2, 0.25) is 0 Å². The molecule has 0 radical (unpaired) electrons. The third kappa shape index (κ3) is 5.74. The molecule has 0 amide bonds. The van der Waals surface area contributed by atoms with Crippen molar-refractivity contribution in [1.82, 2.24) is 0 Å². The Bertz CT molecular complexity index is 2380. The van der Waals surface area contributed by atoms with Gasteiger partial charge >= 0.3 is 11.3 Å². The van der Waals surface area contributed by atoms with Gasteiger partial charge in [-0.05, 0) is 96.3 Å². The van der Waals surface area contributed by atoms with Crippen LogP contribution in [0.25, 0.3) is 66.1 Å². The lowest BCUT2D eigenvalue weighted by molar-refractivity contribution is 0.563. The van der Waals surface area contributed by atoms with E-state index >= 15 is 0 Å². The molecule has 0 N–H and O–H groups in total. The van der Waals surface area contributed by atoms with Crippen molar-refractivity contribution in [2.45, 2.75) is 40.0 Å². The van der Waals surface area contributed by atoms with Crippen LogP contribution in [0.3, 0.4) is 0 Å². The van der Waals surface area contributed by atoms with E-state index < -0.39 is 0 Å². The van der Waals surface area contributed by atoms with Crippen LogP contribution in [0.15, 0.2) is 128 Å². The van der Waals surface area contributed by atoms with Crippen LogP contribution >= 0.6 is 0 Å². The number of nitrogens with zero attached hydrogens (tertiary/aromatic N) is 1. The standard InChI is InChI=1S/C42H37NO4/c1-4-7-11-27-12-10-17-36-35(27)21-19-33-25-38(42(45)47-40(33)36)31-16-9-14-29(23-31)28-13-8-15-30(22-28)37-24-32-18-20-34(43(5-2)6-3)26-39(32)46-41(37)44/h8-10,12-26H,4-7,11H2,1-3H3. The van der Waals surface area contributed by atoms with Crippen molar-refractivity contribution < 1.29 is 8.83 Å². The summed E-state index contributed by atoms with van der Waals surface area (Å²) >= 11 is 0. The van der Waals surface area contributed by atoms with Gasteiger partial charge < -0.3 is 13.7 Å². The molecule has 0 bridgehead atoms. The Morgan fingerprint density at radius 1 is 0.574 bits per heavy atom. The van der Waals surface area contributed by atoms with E-state index in [1.165, 1.54) is 5.56 Å². The Morgan fingerprint density at radius 2 is 1.19 bits per heavy atom. The summed E-state index contributed by atoms with van der Waals surface area (Å²) in [6, 6.07) is 36.0. The summed E-state index contributed by atoms with van der Waals surface area (Å²) in [5, 5.41) is 3.86. The number of benzene rings is 5. The summed E-state index contributed by atoms with van der Waals surface area (Å²) in [4.78, 5) is 28.9. The van der Waals surface area contributed by atoms with E-state index in [1.807, 2.05) is 91.0 Å². The molecule has 0 atom stereocenters. The van der Waals surface area contributed by atoms with Crippen molar-refractivity contribution in [3.05, 3.63) is 136 Å². The molecule has 0 fully saturated rings. The molecule has 234 valence electrons. The molecule has 0 unspecified atom stereocenters. The average molecular weight is 620 g/mol. The second-order valence-electron chi connectivity index (χ2n) is 12.1. The first-order valence-corrected chi connectivity index (χ1v) is 16.5. The molecular weight excluding hydrogens is 582 g/mol. The van der Waals surface area contributed by atoms with Gasteiger partial charge in [0, 0.05) is 41.0 Å². The van der Waals surface area contributed by atoms with Gasteiger partial charge in [0.2, 0.25) is 0 Å². The largest absolute Gasteiger partial charge is 0.422 e. The second-order valence-corrected chi connectivity index (χ2v) is 12.1. The minimum absolute atomic E-state index is 0.368. The van der Waals surface area contributed by atoms with E-state index in [4.69, 9.17) is 8.83 Å². The summed E-state index contributed by atoms with van der Waals surface area (Å²) in [7, 11) is 0. The van der Waals surface area contributed by atoms with E-state index in [0.29, 0.717) is 22.3 Å². The second kappa shape index (κ2) is 12.8. The molecule has 7 aromatic rings. The predicted octanol–water partition coefficient (Wildman–Crippen LogP) is 10.2. The van der Waals surface area contributed by atoms with Gasteiger partial charge in [0.15, 0.2) is 0 Å². The number of hydrogen-bond acceptors (Lipinski definition) is 5. The quantitative estimate of drug-likeness (QED) is 0.119. The van der Waals surface area contributed by atoms with E-state index in [2.05, 4.69) is 43.9 Å². The molecule has 0 saturated heterocycles. The van der Waals surface area contributed by atoms with E-state index in [1.54, 1.807) is 0 Å². The fraction of sp³-hybridized carbons (Fsp3) is 0.190. The molecule has 47 heavy (non-hydrogen) atoms. The highest BCUT2D eigenvalue weighted by molar-refractivity contribution is 6.06. The Labute approximate surface area is 273 Å². The van der Waals surface area contributed by atoms with Crippen LogP contribution in [0.4, 0.5) is 5.69 Å². The number of aryl methyl sites for hydroxylation is 1. The van der Waals surface area contributed by atoms with Gasteiger partial charge in [-0.25, -0.2) is 9.59 Å². The summed E-state index contributed by atoms with van der Waals surface area (Å²) in [6.45, 7) is 8.16. The van der Waals surface area contributed by atoms with E-state index in [0.717, 1.165) is 81.8 Å². The van der Waals surface area contributed by atoms with Gasteiger partial charge in [-0.3, -0.25) is 0 Å². The third-order valence-electron chi connectivity index (χ3n) is 9.18. The number of anilines is 1. The maximum absolute atomic E-state index is 13.4. The van der Waals surface area contributed by atoms with Gasteiger partial charge in [0.25, 0.3) is 0 Å². The summed E-state index contributed by atoms with van der Waals surface area (Å²) < 4.78 is 11.8. The molecule has 7 rings (SSSR count). The highest BCUT2D eigenvalue weighted by atomic mass is 16.4. The van der Waals surface area contributed by atoms with Crippen molar-refractivity contribution in [3.8, 4) is 33.4 Å². The van der Waals surface area contributed by atoms with Crippen molar-refractivity contribution >= 4 is 38.4 Å². The van der Waals surface area contributed by atoms with Crippen LogP contribution in [0, 0.1) is 0 Å².